The van der Waals surface area contributed by atoms with Crippen molar-refractivity contribution in [1.29, 1.82) is 0 Å². The van der Waals surface area contributed by atoms with Gasteiger partial charge in [0.15, 0.2) is 0 Å². The van der Waals surface area contributed by atoms with E-state index in [1.54, 1.807) is 4.90 Å². The van der Waals surface area contributed by atoms with E-state index in [4.69, 9.17) is 9.84 Å². The highest BCUT2D eigenvalue weighted by atomic mass is 16.5. The van der Waals surface area contributed by atoms with E-state index in [0.717, 1.165) is 22.3 Å². The molecule has 2 aromatic rings. The number of carbonyl (C=O) groups excluding carboxylic acids is 2. The van der Waals surface area contributed by atoms with Crippen LogP contribution in [0.3, 0.4) is 0 Å². The lowest BCUT2D eigenvalue weighted by Crippen LogP contribution is -2.47. The first kappa shape index (κ1) is 26.3. The average molecular weight is 481 g/mol. The summed E-state index contributed by atoms with van der Waals surface area (Å²) >= 11 is 0. The Morgan fingerprint density at radius 3 is 2.11 bits per heavy atom. The number of carboxylic acids is 1. The molecular formula is C28H36N2O5. The van der Waals surface area contributed by atoms with E-state index in [9.17, 15) is 14.4 Å². The third-order valence-corrected chi connectivity index (χ3v) is 6.61. The van der Waals surface area contributed by atoms with Gasteiger partial charge in [0.2, 0.25) is 5.91 Å². The van der Waals surface area contributed by atoms with Crippen molar-refractivity contribution in [2.24, 2.45) is 5.41 Å². The molecule has 2 amide bonds. The van der Waals surface area contributed by atoms with Crippen LogP contribution in [0.25, 0.3) is 11.1 Å². The molecule has 1 unspecified atom stereocenters. The average Bonchev–Trinajstić information content (AvgIpc) is 3.13. The van der Waals surface area contributed by atoms with Crippen LogP contribution in [0.5, 0.6) is 0 Å². The zero-order chi connectivity index (χ0) is 25.6. The summed E-state index contributed by atoms with van der Waals surface area (Å²) in [5.74, 6) is -1.03. The molecule has 7 nitrogen and oxygen atoms in total. The first-order valence-corrected chi connectivity index (χ1v) is 12.2. The number of alkyl carbamates (subject to hydrolysis) is 1. The highest BCUT2D eigenvalue weighted by Gasteiger charge is 2.32. The van der Waals surface area contributed by atoms with Gasteiger partial charge in [-0.2, -0.15) is 0 Å². The molecule has 3 rings (SSSR count). The fourth-order valence-corrected chi connectivity index (χ4v) is 4.54. The summed E-state index contributed by atoms with van der Waals surface area (Å²) in [5, 5.41) is 11.8. The number of benzene rings is 2. The number of hydrogen-bond donors (Lipinski definition) is 2. The van der Waals surface area contributed by atoms with Crippen molar-refractivity contribution in [1.82, 2.24) is 10.2 Å². The fourth-order valence-electron chi connectivity index (χ4n) is 4.54. The van der Waals surface area contributed by atoms with Crippen LogP contribution in [0.15, 0.2) is 48.5 Å². The third kappa shape index (κ3) is 6.62. The van der Waals surface area contributed by atoms with Gasteiger partial charge in [0.05, 0.1) is 0 Å². The van der Waals surface area contributed by atoms with Crippen molar-refractivity contribution in [2.75, 3.05) is 19.7 Å². The summed E-state index contributed by atoms with van der Waals surface area (Å²) in [6, 6.07) is 15.9. The number of hydrogen-bond acceptors (Lipinski definition) is 4. The highest BCUT2D eigenvalue weighted by molar-refractivity contribution is 5.80. The molecule has 0 aliphatic heterocycles. The minimum Gasteiger partial charge on any atom is -0.481 e. The number of carboxylic acid groups (broad SMARTS) is 1. The first-order valence-electron chi connectivity index (χ1n) is 12.2. The molecule has 2 aromatic carbocycles. The molecule has 0 spiro atoms. The topological polar surface area (TPSA) is 95.9 Å². The predicted molar refractivity (Wildman–Crippen MR) is 135 cm³/mol. The van der Waals surface area contributed by atoms with Crippen LogP contribution >= 0.6 is 0 Å². The van der Waals surface area contributed by atoms with E-state index >= 15 is 0 Å². The molecule has 1 aliphatic carbocycles. The Kier molecular flexibility index (Phi) is 8.54. The molecular weight excluding hydrogens is 444 g/mol. The van der Waals surface area contributed by atoms with Gasteiger partial charge in [-0.25, -0.2) is 4.79 Å². The number of nitrogens with one attached hydrogen (secondary N) is 1. The second-order valence-corrected chi connectivity index (χ2v) is 10.1. The van der Waals surface area contributed by atoms with Crippen LogP contribution in [0.4, 0.5) is 4.79 Å². The van der Waals surface area contributed by atoms with Gasteiger partial charge in [0.1, 0.15) is 6.61 Å². The van der Waals surface area contributed by atoms with E-state index in [0.29, 0.717) is 19.5 Å². The highest BCUT2D eigenvalue weighted by Crippen LogP contribution is 2.44. The Morgan fingerprint density at radius 1 is 1.03 bits per heavy atom. The van der Waals surface area contributed by atoms with Crippen molar-refractivity contribution < 1.29 is 24.2 Å². The Morgan fingerprint density at radius 2 is 1.60 bits per heavy atom. The molecule has 35 heavy (non-hydrogen) atoms. The lowest BCUT2D eigenvalue weighted by molar-refractivity contribution is -0.138. The number of carbonyl (C=O) groups is 3. The van der Waals surface area contributed by atoms with E-state index in [1.807, 2.05) is 52.0 Å². The van der Waals surface area contributed by atoms with Crippen molar-refractivity contribution >= 4 is 18.0 Å². The van der Waals surface area contributed by atoms with Gasteiger partial charge >= 0.3 is 12.1 Å². The molecule has 7 heteroatoms. The van der Waals surface area contributed by atoms with Crippen LogP contribution < -0.4 is 5.32 Å². The lowest BCUT2D eigenvalue weighted by atomic mass is 9.84. The Balaban J connectivity index is 1.62. The molecule has 1 aliphatic rings. The smallest absolute Gasteiger partial charge is 0.407 e. The number of aliphatic carboxylic acids is 1. The van der Waals surface area contributed by atoms with Gasteiger partial charge in [-0.15, -0.1) is 0 Å². The van der Waals surface area contributed by atoms with Gasteiger partial charge in [0.25, 0.3) is 0 Å². The number of rotatable bonds is 10. The summed E-state index contributed by atoms with van der Waals surface area (Å²) in [5.41, 5.74) is 4.24. The van der Waals surface area contributed by atoms with Crippen molar-refractivity contribution in [3.8, 4) is 11.1 Å². The zero-order valence-corrected chi connectivity index (χ0v) is 21.0. The normalized spacial score (nSPS) is 13.5. The second-order valence-electron chi connectivity index (χ2n) is 10.1. The van der Waals surface area contributed by atoms with Crippen LogP contribution in [-0.2, 0) is 14.3 Å². The summed E-state index contributed by atoms with van der Waals surface area (Å²) in [7, 11) is 0. The van der Waals surface area contributed by atoms with Gasteiger partial charge in [-0.05, 0) is 41.0 Å². The maximum absolute atomic E-state index is 12.9. The van der Waals surface area contributed by atoms with E-state index < -0.39 is 18.1 Å². The number of amides is 2. The Labute approximate surface area is 207 Å². The van der Waals surface area contributed by atoms with Crippen LogP contribution in [-0.4, -0.2) is 53.7 Å². The molecule has 0 bridgehead atoms. The fraction of sp³-hybridized carbons (Fsp3) is 0.464. The predicted octanol–water partition coefficient (Wildman–Crippen LogP) is 5.04. The number of nitrogens with zero attached hydrogens (tertiary/aromatic N) is 1. The molecule has 0 saturated heterocycles. The zero-order valence-electron chi connectivity index (χ0n) is 21.0. The summed E-state index contributed by atoms with van der Waals surface area (Å²) < 4.78 is 5.68. The number of fused-ring (bicyclic) bond motifs is 3. The summed E-state index contributed by atoms with van der Waals surface area (Å²) in [4.78, 5) is 38.2. The van der Waals surface area contributed by atoms with Gasteiger partial charge in [-0.3, -0.25) is 9.59 Å². The van der Waals surface area contributed by atoms with E-state index in [2.05, 4.69) is 29.6 Å². The van der Waals surface area contributed by atoms with Crippen LogP contribution in [0.1, 0.15) is 64.0 Å². The van der Waals surface area contributed by atoms with Crippen molar-refractivity contribution in [2.45, 2.75) is 58.9 Å². The van der Waals surface area contributed by atoms with E-state index in [-0.39, 0.29) is 36.7 Å². The van der Waals surface area contributed by atoms with Gasteiger partial charge < -0.3 is 20.1 Å². The minimum absolute atomic E-state index is 0.0183. The molecule has 0 aromatic heterocycles. The molecule has 188 valence electrons. The molecule has 1 atom stereocenters. The van der Waals surface area contributed by atoms with Crippen LogP contribution in [0.2, 0.25) is 0 Å². The second kappa shape index (κ2) is 11.4. The molecule has 0 fully saturated rings. The summed E-state index contributed by atoms with van der Waals surface area (Å²) in [6.45, 7) is 8.84. The first-order chi connectivity index (χ1) is 16.6. The standard InChI is InChI=1S/C28H36N2O5/c1-5-30(16-10-15-26(32)33)25(31)17-24(28(2,3)4)29-27(34)35-18-23-21-13-8-6-11-19(21)20-12-7-9-14-22(20)23/h6-9,11-14,23-24H,5,10,15-18H2,1-4H3,(H,29,34)(H,32,33). The molecule has 0 heterocycles. The van der Waals surface area contributed by atoms with Gasteiger partial charge in [-0.1, -0.05) is 69.3 Å². The van der Waals surface area contributed by atoms with Gasteiger partial charge in [0, 0.05) is 37.9 Å². The maximum Gasteiger partial charge on any atom is 0.407 e. The van der Waals surface area contributed by atoms with Crippen LogP contribution in [0, 0.1) is 5.41 Å². The SMILES string of the molecule is CCN(CCCC(=O)O)C(=O)CC(NC(=O)OCC1c2ccccc2-c2ccccc21)C(C)(C)C. The van der Waals surface area contributed by atoms with Crippen molar-refractivity contribution in [3.05, 3.63) is 59.7 Å². The largest absolute Gasteiger partial charge is 0.481 e. The number of ether oxygens (including phenoxy) is 1. The van der Waals surface area contributed by atoms with E-state index in [1.165, 1.54) is 0 Å². The van der Waals surface area contributed by atoms with Crippen molar-refractivity contribution in [3.63, 3.8) is 0 Å². The lowest BCUT2D eigenvalue weighted by Gasteiger charge is -2.32. The minimum atomic E-state index is -0.877. The molecule has 0 saturated carbocycles. The molecule has 2 N–H and O–H groups in total. The Bertz CT molecular complexity index is 1010. The maximum atomic E-state index is 12.9. The monoisotopic (exact) mass is 480 g/mol. The Hall–Kier alpha value is -3.35. The quantitative estimate of drug-likeness (QED) is 0.496. The molecule has 0 radical (unpaired) electrons. The summed E-state index contributed by atoms with van der Waals surface area (Å²) in [6.07, 6.45) is -0.0120. The third-order valence-electron chi connectivity index (χ3n) is 6.61.